The van der Waals surface area contributed by atoms with Crippen molar-refractivity contribution in [3.63, 3.8) is 0 Å². The van der Waals surface area contributed by atoms with Crippen molar-refractivity contribution in [3.05, 3.63) is 0 Å². The Morgan fingerprint density at radius 2 is 2.31 bits per heavy atom. The van der Waals surface area contributed by atoms with Crippen LogP contribution in [-0.2, 0) is 4.74 Å². The average Bonchev–Trinajstić information content (AvgIpc) is 2.53. The first kappa shape index (κ1) is 11.0. The quantitative estimate of drug-likeness (QED) is 0.687. The van der Waals surface area contributed by atoms with Gasteiger partial charge >= 0.3 is 0 Å². The molecule has 1 rings (SSSR count). The lowest BCUT2D eigenvalue weighted by Crippen LogP contribution is -2.49. The fraction of sp³-hybridized carbons (Fsp3) is 1.00. The van der Waals surface area contributed by atoms with Gasteiger partial charge in [0.1, 0.15) is 5.60 Å². The van der Waals surface area contributed by atoms with Crippen LogP contribution < -0.4 is 5.73 Å². The van der Waals surface area contributed by atoms with Crippen molar-refractivity contribution in [1.82, 2.24) is 0 Å². The topological polar surface area (TPSA) is 55.5 Å². The van der Waals surface area contributed by atoms with Crippen LogP contribution in [-0.4, -0.2) is 30.0 Å². The molecular weight excluding hydrogens is 166 g/mol. The Morgan fingerprint density at radius 1 is 1.62 bits per heavy atom. The SMILES string of the molecule is CCC(C)CC(N)C1(O)CCOC1. The molecule has 1 aliphatic rings. The minimum Gasteiger partial charge on any atom is -0.386 e. The van der Waals surface area contributed by atoms with Crippen LogP contribution in [0.1, 0.15) is 33.1 Å². The number of hydrogen-bond donors (Lipinski definition) is 2. The lowest BCUT2D eigenvalue weighted by molar-refractivity contribution is -0.00172. The second-order valence-electron chi connectivity index (χ2n) is 4.26. The molecule has 0 aliphatic carbocycles. The van der Waals surface area contributed by atoms with Gasteiger partial charge in [0, 0.05) is 19.1 Å². The molecule has 1 aliphatic heterocycles. The first-order chi connectivity index (χ1) is 6.08. The monoisotopic (exact) mass is 187 g/mol. The van der Waals surface area contributed by atoms with Gasteiger partial charge in [-0.25, -0.2) is 0 Å². The maximum absolute atomic E-state index is 10.1. The molecule has 0 aromatic carbocycles. The second kappa shape index (κ2) is 4.40. The standard InChI is InChI=1S/C10H21NO2/c1-3-8(2)6-9(11)10(12)4-5-13-7-10/h8-9,12H,3-7,11H2,1-2H3. The molecule has 13 heavy (non-hydrogen) atoms. The summed E-state index contributed by atoms with van der Waals surface area (Å²) in [7, 11) is 0. The second-order valence-corrected chi connectivity index (χ2v) is 4.26. The molecule has 1 fully saturated rings. The van der Waals surface area contributed by atoms with E-state index in [1.54, 1.807) is 0 Å². The van der Waals surface area contributed by atoms with E-state index in [1.165, 1.54) is 0 Å². The summed E-state index contributed by atoms with van der Waals surface area (Å²) in [5, 5.41) is 10.1. The van der Waals surface area contributed by atoms with Crippen LogP contribution in [0.15, 0.2) is 0 Å². The average molecular weight is 187 g/mol. The van der Waals surface area contributed by atoms with E-state index in [0.29, 0.717) is 25.6 Å². The van der Waals surface area contributed by atoms with Gasteiger partial charge in [-0.3, -0.25) is 0 Å². The summed E-state index contributed by atoms with van der Waals surface area (Å²) >= 11 is 0. The largest absolute Gasteiger partial charge is 0.386 e. The van der Waals surface area contributed by atoms with Gasteiger partial charge < -0.3 is 15.6 Å². The van der Waals surface area contributed by atoms with Crippen LogP contribution in [0.5, 0.6) is 0 Å². The molecule has 1 heterocycles. The molecule has 0 bridgehead atoms. The zero-order valence-corrected chi connectivity index (χ0v) is 8.62. The summed E-state index contributed by atoms with van der Waals surface area (Å²) in [5.74, 6) is 0.583. The molecule has 0 saturated carbocycles. The van der Waals surface area contributed by atoms with E-state index < -0.39 is 5.60 Å². The van der Waals surface area contributed by atoms with Crippen LogP contribution in [0, 0.1) is 5.92 Å². The van der Waals surface area contributed by atoms with Gasteiger partial charge in [0.2, 0.25) is 0 Å². The van der Waals surface area contributed by atoms with E-state index >= 15 is 0 Å². The summed E-state index contributed by atoms with van der Waals surface area (Å²) in [6.45, 7) is 5.36. The molecular formula is C10H21NO2. The summed E-state index contributed by atoms with van der Waals surface area (Å²) in [6.07, 6.45) is 2.69. The highest BCUT2D eigenvalue weighted by Crippen LogP contribution is 2.25. The number of rotatable bonds is 4. The summed E-state index contributed by atoms with van der Waals surface area (Å²) in [4.78, 5) is 0. The maximum atomic E-state index is 10.1. The molecule has 0 spiro atoms. The number of hydrogen-bond acceptors (Lipinski definition) is 3. The fourth-order valence-electron chi connectivity index (χ4n) is 1.68. The van der Waals surface area contributed by atoms with Crippen LogP contribution in [0.25, 0.3) is 0 Å². The van der Waals surface area contributed by atoms with Crippen molar-refractivity contribution in [2.45, 2.75) is 44.8 Å². The molecule has 3 heteroatoms. The van der Waals surface area contributed by atoms with E-state index in [9.17, 15) is 5.11 Å². The van der Waals surface area contributed by atoms with Gasteiger partial charge in [-0.05, 0) is 12.3 Å². The van der Waals surface area contributed by atoms with Crippen molar-refractivity contribution in [2.75, 3.05) is 13.2 Å². The van der Waals surface area contributed by atoms with Crippen molar-refractivity contribution < 1.29 is 9.84 Å². The van der Waals surface area contributed by atoms with Gasteiger partial charge in [-0.15, -0.1) is 0 Å². The highest BCUT2D eigenvalue weighted by Gasteiger charge is 2.38. The van der Waals surface area contributed by atoms with Crippen molar-refractivity contribution in [2.24, 2.45) is 11.7 Å². The van der Waals surface area contributed by atoms with Gasteiger partial charge in [0.25, 0.3) is 0 Å². The summed E-state index contributed by atoms with van der Waals surface area (Å²) in [5.41, 5.74) is 5.20. The van der Waals surface area contributed by atoms with Crippen LogP contribution in [0.2, 0.25) is 0 Å². The van der Waals surface area contributed by atoms with Gasteiger partial charge in [0.15, 0.2) is 0 Å². The first-order valence-corrected chi connectivity index (χ1v) is 5.14. The first-order valence-electron chi connectivity index (χ1n) is 5.14. The van der Waals surface area contributed by atoms with E-state index in [-0.39, 0.29) is 6.04 Å². The highest BCUT2D eigenvalue weighted by atomic mass is 16.5. The van der Waals surface area contributed by atoms with E-state index in [4.69, 9.17) is 10.5 Å². The normalized spacial score (nSPS) is 33.2. The molecule has 0 radical (unpaired) electrons. The Hall–Kier alpha value is -0.120. The number of nitrogens with two attached hydrogens (primary N) is 1. The molecule has 3 unspecified atom stereocenters. The van der Waals surface area contributed by atoms with Gasteiger partial charge in [-0.1, -0.05) is 20.3 Å². The molecule has 3 nitrogen and oxygen atoms in total. The zero-order chi connectivity index (χ0) is 9.90. The molecule has 0 amide bonds. The Morgan fingerprint density at radius 3 is 2.77 bits per heavy atom. The minimum atomic E-state index is -0.760. The van der Waals surface area contributed by atoms with Gasteiger partial charge in [0.05, 0.1) is 6.61 Å². The molecule has 1 saturated heterocycles. The molecule has 78 valence electrons. The van der Waals surface area contributed by atoms with Gasteiger partial charge in [-0.2, -0.15) is 0 Å². The zero-order valence-electron chi connectivity index (χ0n) is 8.62. The lowest BCUT2D eigenvalue weighted by atomic mass is 9.87. The molecule has 3 N–H and O–H groups in total. The van der Waals surface area contributed by atoms with E-state index in [1.807, 2.05) is 0 Å². The molecule has 0 aromatic heterocycles. The third-order valence-electron chi connectivity index (χ3n) is 3.07. The fourth-order valence-corrected chi connectivity index (χ4v) is 1.68. The van der Waals surface area contributed by atoms with Crippen molar-refractivity contribution in [1.29, 1.82) is 0 Å². The number of ether oxygens (including phenoxy) is 1. The minimum absolute atomic E-state index is 0.134. The van der Waals surface area contributed by atoms with E-state index in [0.717, 1.165) is 12.8 Å². The lowest BCUT2D eigenvalue weighted by Gasteiger charge is -2.29. The van der Waals surface area contributed by atoms with Crippen LogP contribution in [0.3, 0.4) is 0 Å². The predicted octanol–water partition coefficient (Wildman–Crippen LogP) is 0.901. The maximum Gasteiger partial charge on any atom is 0.105 e. The highest BCUT2D eigenvalue weighted by molar-refractivity contribution is 4.93. The number of aliphatic hydroxyl groups is 1. The predicted molar refractivity (Wildman–Crippen MR) is 52.4 cm³/mol. The molecule has 0 aromatic rings. The summed E-state index contributed by atoms with van der Waals surface area (Å²) in [6, 6.07) is -0.134. The summed E-state index contributed by atoms with van der Waals surface area (Å²) < 4.78 is 5.17. The Labute approximate surface area is 80.3 Å². The Balaban J connectivity index is 2.41. The Bertz CT molecular complexity index is 155. The third-order valence-corrected chi connectivity index (χ3v) is 3.07. The smallest absolute Gasteiger partial charge is 0.105 e. The van der Waals surface area contributed by atoms with E-state index in [2.05, 4.69) is 13.8 Å². The third kappa shape index (κ3) is 2.66. The molecule has 3 atom stereocenters. The van der Waals surface area contributed by atoms with Crippen LogP contribution in [0.4, 0.5) is 0 Å². The van der Waals surface area contributed by atoms with Crippen molar-refractivity contribution in [3.8, 4) is 0 Å². The Kier molecular flexibility index (Phi) is 3.71. The van der Waals surface area contributed by atoms with Crippen LogP contribution >= 0.6 is 0 Å². The van der Waals surface area contributed by atoms with Crippen molar-refractivity contribution >= 4 is 0 Å².